The second-order valence-corrected chi connectivity index (χ2v) is 8.24. The number of benzene rings is 1. The van der Waals surface area contributed by atoms with Gasteiger partial charge in [-0.05, 0) is 64.3 Å². The third-order valence-electron chi connectivity index (χ3n) is 6.09. The standard InChI is InChI=1S/C23H30N4O3/c1-15-21(16(2)26-14-25-15)19-12-17(27-22(28)23(29-3)9-10-23)7-8-20(19)30-13-18-6-4-5-11-24-18/h7-8,12,14,18,24H,4-6,9-11,13H2,1-3H3,(H,27,28)/t18-/m1/s1. The molecule has 1 amide bonds. The van der Waals surface area contributed by atoms with Gasteiger partial charge in [0.25, 0.3) is 5.91 Å². The molecule has 0 bridgehead atoms. The van der Waals surface area contributed by atoms with Crippen LogP contribution in [0.25, 0.3) is 11.1 Å². The van der Waals surface area contributed by atoms with E-state index in [0.29, 0.717) is 18.3 Å². The molecule has 0 spiro atoms. The largest absolute Gasteiger partial charge is 0.491 e. The van der Waals surface area contributed by atoms with Crippen LogP contribution in [0.2, 0.25) is 0 Å². The molecule has 1 aliphatic heterocycles. The number of methoxy groups -OCH3 is 1. The average molecular weight is 411 g/mol. The first-order valence-electron chi connectivity index (χ1n) is 10.7. The monoisotopic (exact) mass is 410 g/mol. The van der Waals surface area contributed by atoms with Gasteiger partial charge in [0.15, 0.2) is 0 Å². The van der Waals surface area contributed by atoms with Crippen LogP contribution in [0.3, 0.4) is 0 Å². The highest BCUT2D eigenvalue weighted by molar-refractivity contribution is 6.00. The van der Waals surface area contributed by atoms with Gasteiger partial charge in [-0.1, -0.05) is 6.42 Å². The molecule has 0 radical (unpaired) electrons. The molecule has 1 saturated carbocycles. The van der Waals surface area contributed by atoms with Crippen molar-refractivity contribution in [3.8, 4) is 16.9 Å². The SMILES string of the molecule is COC1(C(=O)Nc2ccc(OC[C@H]3CCCCN3)c(-c3c(C)ncnc3C)c2)CC1. The maximum Gasteiger partial charge on any atom is 0.256 e. The molecule has 2 heterocycles. The van der Waals surface area contributed by atoms with E-state index < -0.39 is 5.60 Å². The smallest absolute Gasteiger partial charge is 0.256 e. The van der Waals surface area contributed by atoms with Crippen LogP contribution in [0.5, 0.6) is 5.75 Å². The lowest BCUT2D eigenvalue weighted by Gasteiger charge is -2.24. The van der Waals surface area contributed by atoms with Gasteiger partial charge in [0, 0.05) is 41.4 Å². The van der Waals surface area contributed by atoms with Crippen LogP contribution in [-0.4, -0.2) is 47.8 Å². The van der Waals surface area contributed by atoms with Gasteiger partial charge in [-0.15, -0.1) is 0 Å². The molecule has 1 saturated heterocycles. The zero-order valence-electron chi connectivity index (χ0n) is 18.0. The number of carbonyl (C=O) groups excluding carboxylic acids is 1. The number of aromatic nitrogens is 2. The lowest BCUT2D eigenvalue weighted by atomic mass is 10.0. The lowest BCUT2D eigenvalue weighted by molar-refractivity contribution is -0.128. The first kappa shape index (κ1) is 20.8. The van der Waals surface area contributed by atoms with Crippen molar-refractivity contribution in [2.75, 3.05) is 25.6 Å². The molecule has 1 aliphatic carbocycles. The van der Waals surface area contributed by atoms with Crippen LogP contribution in [-0.2, 0) is 9.53 Å². The van der Waals surface area contributed by atoms with Gasteiger partial charge in [0.05, 0.1) is 0 Å². The molecule has 4 rings (SSSR count). The van der Waals surface area contributed by atoms with Gasteiger partial charge >= 0.3 is 0 Å². The van der Waals surface area contributed by atoms with E-state index in [1.165, 1.54) is 12.8 Å². The van der Waals surface area contributed by atoms with Crippen LogP contribution in [0.1, 0.15) is 43.5 Å². The fraction of sp³-hybridized carbons (Fsp3) is 0.522. The van der Waals surface area contributed by atoms with E-state index >= 15 is 0 Å². The van der Waals surface area contributed by atoms with Gasteiger partial charge in [0.2, 0.25) is 0 Å². The van der Waals surface area contributed by atoms with Crippen molar-refractivity contribution in [2.45, 2.75) is 57.6 Å². The van der Waals surface area contributed by atoms with E-state index in [1.807, 2.05) is 32.0 Å². The summed E-state index contributed by atoms with van der Waals surface area (Å²) in [6.45, 7) is 5.58. The third kappa shape index (κ3) is 4.32. The van der Waals surface area contributed by atoms with Crippen molar-refractivity contribution in [3.05, 3.63) is 35.9 Å². The number of hydrogen-bond donors (Lipinski definition) is 2. The highest BCUT2D eigenvalue weighted by Gasteiger charge is 2.50. The predicted molar refractivity (Wildman–Crippen MR) is 116 cm³/mol. The zero-order valence-corrected chi connectivity index (χ0v) is 18.0. The number of ether oxygens (including phenoxy) is 2. The molecule has 2 aliphatic rings. The number of aryl methyl sites for hydroxylation is 2. The van der Waals surface area contributed by atoms with Crippen LogP contribution >= 0.6 is 0 Å². The summed E-state index contributed by atoms with van der Waals surface area (Å²) in [7, 11) is 1.59. The molecule has 2 fully saturated rings. The second-order valence-electron chi connectivity index (χ2n) is 8.24. The number of nitrogens with zero attached hydrogens (tertiary/aromatic N) is 2. The number of hydrogen-bond acceptors (Lipinski definition) is 6. The number of nitrogens with one attached hydrogen (secondary N) is 2. The summed E-state index contributed by atoms with van der Waals surface area (Å²) in [5.41, 5.74) is 3.62. The van der Waals surface area contributed by atoms with E-state index in [-0.39, 0.29) is 5.91 Å². The minimum atomic E-state index is -0.677. The number of carbonyl (C=O) groups is 1. The molecule has 2 N–H and O–H groups in total. The second kappa shape index (κ2) is 8.70. The van der Waals surface area contributed by atoms with E-state index in [4.69, 9.17) is 9.47 Å². The third-order valence-corrected chi connectivity index (χ3v) is 6.09. The summed E-state index contributed by atoms with van der Waals surface area (Å²) in [6.07, 6.45) is 6.64. The molecule has 7 nitrogen and oxygen atoms in total. The van der Waals surface area contributed by atoms with Crippen molar-refractivity contribution in [1.82, 2.24) is 15.3 Å². The van der Waals surface area contributed by atoms with Gasteiger partial charge in [-0.3, -0.25) is 4.79 Å². The van der Waals surface area contributed by atoms with Crippen LogP contribution in [0.4, 0.5) is 5.69 Å². The highest BCUT2D eigenvalue weighted by Crippen LogP contribution is 2.41. The fourth-order valence-electron chi connectivity index (χ4n) is 4.05. The maximum absolute atomic E-state index is 12.6. The molecular weight excluding hydrogens is 380 g/mol. The highest BCUT2D eigenvalue weighted by atomic mass is 16.5. The Morgan fingerprint density at radius 1 is 1.23 bits per heavy atom. The van der Waals surface area contributed by atoms with E-state index in [1.54, 1.807) is 13.4 Å². The number of anilines is 1. The molecule has 1 aromatic heterocycles. The Hall–Kier alpha value is -2.51. The van der Waals surface area contributed by atoms with Gasteiger partial charge in [-0.25, -0.2) is 9.97 Å². The summed E-state index contributed by atoms with van der Waals surface area (Å²) in [6, 6.07) is 6.11. The summed E-state index contributed by atoms with van der Waals surface area (Å²) >= 11 is 0. The summed E-state index contributed by atoms with van der Waals surface area (Å²) in [5, 5.41) is 6.52. The normalized spacial score (nSPS) is 19.9. The minimum absolute atomic E-state index is 0.103. The minimum Gasteiger partial charge on any atom is -0.491 e. The van der Waals surface area contributed by atoms with Crippen LogP contribution in [0.15, 0.2) is 24.5 Å². The Labute approximate surface area is 177 Å². The Morgan fingerprint density at radius 3 is 2.63 bits per heavy atom. The summed E-state index contributed by atoms with van der Waals surface area (Å²) < 4.78 is 11.6. The van der Waals surface area contributed by atoms with Gasteiger partial charge < -0.3 is 20.1 Å². The number of rotatable bonds is 7. The van der Waals surface area contributed by atoms with E-state index in [0.717, 1.165) is 54.1 Å². The number of piperidine rings is 1. The predicted octanol–water partition coefficient (Wildman–Crippen LogP) is 3.40. The van der Waals surface area contributed by atoms with Crippen LogP contribution in [0, 0.1) is 13.8 Å². The van der Waals surface area contributed by atoms with Crippen molar-refractivity contribution >= 4 is 11.6 Å². The van der Waals surface area contributed by atoms with Gasteiger partial charge in [0.1, 0.15) is 24.3 Å². The Morgan fingerprint density at radius 2 is 2.00 bits per heavy atom. The first-order chi connectivity index (χ1) is 14.5. The lowest BCUT2D eigenvalue weighted by Crippen LogP contribution is -2.38. The fourth-order valence-corrected chi connectivity index (χ4v) is 4.05. The van der Waals surface area contributed by atoms with Crippen molar-refractivity contribution in [3.63, 3.8) is 0 Å². The topological polar surface area (TPSA) is 85.4 Å². The number of amides is 1. The zero-order chi connectivity index (χ0) is 21.1. The summed E-state index contributed by atoms with van der Waals surface area (Å²) in [4.78, 5) is 21.4. The molecule has 1 aromatic carbocycles. The van der Waals surface area contributed by atoms with E-state index in [9.17, 15) is 4.79 Å². The van der Waals surface area contributed by atoms with Crippen molar-refractivity contribution < 1.29 is 14.3 Å². The first-order valence-corrected chi connectivity index (χ1v) is 10.7. The Bertz CT molecular complexity index is 900. The maximum atomic E-state index is 12.6. The van der Waals surface area contributed by atoms with Gasteiger partial charge in [-0.2, -0.15) is 0 Å². The molecular formula is C23H30N4O3. The quantitative estimate of drug-likeness (QED) is 0.728. The Kier molecular flexibility index (Phi) is 6.01. The molecule has 1 atom stereocenters. The van der Waals surface area contributed by atoms with Crippen LogP contribution < -0.4 is 15.4 Å². The Balaban J connectivity index is 1.62. The van der Waals surface area contributed by atoms with Crippen molar-refractivity contribution in [1.29, 1.82) is 0 Å². The molecule has 0 unspecified atom stereocenters. The molecule has 2 aromatic rings. The molecule has 160 valence electrons. The molecule has 7 heteroatoms. The van der Waals surface area contributed by atoms with E-state index in [2.05, 4.69) is 20.6 Å². The molecule has 30 heavy (non-hydrogen) atoms. The van der Waals surface area contributed by atoms with Crippen molar-refractivity contribution in [2.24, 2.45) is 0 Å². The average Bonchev–Trinajstić information content (AvgIpc) is 3.55. The summed E-state index contributed by atoms with van der Waals surface area (Å²) in [5.74, 6) is 0.669.